The quantitative estimate of drug-likeness (QED) is 0.108. The second-order valence-electron chi connectivity index (χ2n) is 14.3. The molecule has 8 aromatic rings. The number of hydrogen-bond acceptors (Lipinski definition) is 4. The van der Waals surface area contributed by atoms with Crippen LogP contribution in [0.3, 0.4) is 0 Å². The summed E-state index contributed by atoms with van der Waals surface area (Å²) in [4.78, 5) is 18.4. The standard InChI is InChI=1S/C20H13FN2O2.C20H15FN2.C13H11BrFN/c1-22-17-4-2-3-13(11-17)14-5-10-18(20(24)25)19(12-14)23-16-8-6-15(21)7-9-16;1-14-6-7-16(15-4-3-5-19(12-15)22-2)13-20(14)23-18-10-8-17(21)9-11-18;1-9-2-3-10(14)8-13(9)16-12-6-4-11(15)5-7-12/h2-12,23H,(H,24,25);3-13,23H,1H3;2-8,16H,1H3. The molecule has 11 heteroatoms. The predicted molar refractivity (Wildman–Crippen MR) is 256 cm³/mol. The maximum atomic E-state index is 13.0. The highest BCUT2D eigenvalue weighted by Gasteiger charge is 2.13. The number of anilines is 6. The Labute approximate surface area is 378 Å². The van der Waals surface area contributed by atoms with E-state index < -0.39 is 5.97 Å². The SMILES string of the molecule is Cc1ccc(Br)cc1Nc1ccc(F)cc1.[C-]#[N+]c1cccc(-c2ccc(C(=O)O)c(Nc3ccc(F)cc3)c2)c1.[C-]#[N+]c1cccc(-c2ccc(C)c(Nc3ccc(F)cc3)c2)c1. The summed E-state index contributed by atoms with van der Waals surface area (Å²) >= 11 is 3.42. The Hall–Kier alpha value is -8.12. The Bertz CT molecular complexity index is 2980. The fraction of sp³-hybridized carbons (Fsp3) is 0.0377. The Morgan fingerprint density at radius 1 is 0.484 bits per heavy atom. The zero-order valence-electron chi connectivity index (χ0n) is 34.5. The van der Waals surface area contributed by atoms with Crippen LogP contribution in [0.2, 0.25) is 0 Å². The second kappa shape index (κ2) is 21.6. The lowest BCUT2D eigenvalue weighted by Crippen LogP contribution is -2.03. The molecule has 0 fully saturated rings. The van der Waals surface area contributed by atoms with E-state index in [1.165, 1.54) is 54.6 Å². The molecule has 8 rings (SSSR count). The summed E-state index contributed by atoms with van der Waals surface area (Å²) in [6.45, 7) is 18.3. The fourth-order valence-corrected chi connectivity index (χ4v) is 6.62. The average Bonchev–Trinajstić information content (AvgIpc) is 3.31. The van der Waals surface area contributed by atoms with Crippen LogP contribution in [0.4, 0.5) is 58.7 Å². The van der Waals surface area contributed by atoms with Crippen LogP contribution in [0.5, 0.6) is 0 Å². The monoisotopic (exact) mass is 913 g/mol. The number of aryl methyl sites for hydroxylation is 2. The summed E-state index contributed by atoms with van der Waals surface area (Å²) in [6, 6.07) is 49.9. The van der Waals surface area contributed by atoms with Crippen molar-refractivity contribution in [1.29, 1.82) is 0 Å². The molecular weight excluding hydrogens is 876 g/mol. The van der Waals surface area contributed by atoms with E-state index in [1.807, 2.05) is 74.5 Å². The van der Waals surface area contributed by atoms with Gasteiger partial charge in [-0.25, -0.2) is 27.7 Å². The largest absolute Gasteiger partial charge is 0.478 e. The number of nitrogens with zero attached hydrogens (tertiary/aromatic N) is 2. The minimum atomic E-state index is -1.06. The first-order chi connectivity index (χ1) is 30.9. The zero-order chi connectivity index (χ0) is 45.6. The molecule has 0 saturated heterocycles. The molecule has 0 heterocycles. The molecule has 7 nitrogen and oxygen atoms in total. The van der Waals surface area contributed by atoms with Crippen molar-refractivity contribution < 1.29 is 23.1 Å². The van der Waals surface area contributed by atoms with Gasteiger partial charge in [0.2, 0.25) is 0 Å². The topological polar surface area (TPSA) is 82.1 Å². The summed E-state index contributed by atoms with van der Waals surface area (Å²) in [5.41, 5.74) is 11.8. The minimum absolute atomic E-state index is 0.106. The van der Waals surface area contributed by atoms with Crippen molar-refractivity contribution in [1.82, 2.24) is 0 Å². The van der Waals surface area contributed by atoms with Gasteiger partial charge in [-0.05, 0) is 162 Å². The molecule has 316 valence electrons. The van der Waals surface area contributed by atoms with Crippen LogP contribution in [0.15, 0.2) is 180 Å². The van der Waals surface area contributed by atoms with Crippen LogP contribution >= 0.6 is 15.9 Å². The van der Waals surface area contributed by atoms with E-state index in [2.05, 4.69) is 41.6 Å². The summed E-state index contributed by atoms with van der Waals surface area (Å²) < 4.78 is 39.8. The number of halogens is 4. The highest BCUT2D eigenvalue weighted by Crippen LogP contribution is 2.32. The molecular formula is C53H39BrF3N5O2. The normalized spacial score (nSPS) is 10.1. The van der Waals surface area contributed by atoms with E-state index >= 15 is 0 Å². The highest BCUT2D eigenvalue weighted by atomic mass is 79.9. The molecule has 4 N–H and O–H groups in total. The summed E-state index contributed by atoms with van der Waals surface area (Å²) in [6.07, 6.45) is 0. The first kappa shape index (κ1) is 45.4. The van der Waals surface area contributed by atoms with E-state index in [0.717, 1.165) is 60.6 Å². The Morgan fingerprint density at radius 2 is 0.859 bits per heavy atom. The molecule has 0 bridgehead atoms. The van der Waals surface area contributed by atoms with Crippen LogP contribution in [-0.2, 0) is 0 Å². The number of carboxylic acid groups (broad SMARTS) is 1. The lowest BCUT2D eigenvalue weighted by Gasteiger charge is -2.12. The smallest absolute Gasteiger partial charge is 0.337 e. The Morgan fingerprint density at radius 3 is 1.30 bits per heavy atom. The number of benzene rings is 8. The van der Waals surface area contributed by atoms with E-state index in [1.54, 1.807) is 60.7 Å². The van der Waals surface area contributed by atoms with Crippen LogP contribution < -0.4 is 16.0 Å². The van der Waals surface area contributed by atoms with Gasteiger partial charge in [0.15, 0.2) is 11.4 Å². The fourth-order valence-electron chi connectivity index (χ4n) is 6.26. The van der Waals surface area contributed by atoms with Crippen LogP contribution in [-0.4, -0.2) is 11.1 Å². The van der Waals surface area contributed by atoms with Crippen molar-refractivity contribution in [2.24, 2.45) is 0 Å². The van der Waals surface area contributed by atoms with Gasteiger partial charge in [-0.3, -0.25) is 0 Å². The van der Waals surface area contributed by atoms with Crippen molar-refractivity contribution in [2.75, 3.05) is 16.0 Å². The van der Waals surface area contributed by atoms with Crippen molar-refractivity contribution in [3.05, 3.63) is 237 Å². The predicted octanol–water partition coefficient (Wildman–Crippen LogP) is 16.2. The van der Waals surface area contributed by atoms with Gasteiger partial charge in [0, 0.05) is 32.9 Å². The van der Waals surface area contributed by atoms with Crippen LogP contribution in [0.25, 0.3) is 31.9 Å². The van der Waals surface area contributed by atoms with E-state index in [-0.39, 0.29) is 23.0 Å². The van der Waals surface area contributed by atoms with Gasteiger partial charge in [0.25, 0.3) is 0 Å². The van der Waals surface area contributed by atoms with Gasteiger partial charge in [0.1, 0.15) is 17.5 Å². The Kier molecular flexibility index (Phi) is 15.3. The molecule has 0 aliphatic heterocycles. The zero-order valence-corrected chi connectivity index (χ0v) is 36.1. The van der Waals surface area contributed by atoms with Gasteiger partial charge in [-0.1, -0.05) is 76.6 Å². The van der Waals surface area contributed by atoms with E-state index in [9.17, 15) is 23.1 Å². The third kappa shape index (κ3) is 12.7. The lowest BCUT2D eigenvalue weighted by molar-refractivity contribution is 0.0698. The lowest BCUT2D eigenvalue weighted by atomic mass is 10.0. The summed E-state index contributed by atoms with van der Waals surface area (Å²) in [5.74, 6) is -1.91. The molecule has 0 unspecified atom stereocenters. The van der Waals surface area contributed by atoms with Crippen molar-refractivity contribution in [3.8, 4) is 22.3 Å². The first-order valence-corrected chi connectivity index (χ1v) is 20.4. The molecule has 0 aliphatic rings. The van der Waals surface area contributed by atoms with Crippen molar-refractivity contribution in [3.63, 3.8) is 0 Å². The number of rotatable bonds is 9. The number of aromatic carboxylic acids is 1. The van der Waals surface area contributed by atoms with Gasteiger partial charge in [-0.2, -0.15) is 0 Å². The third-order valence-corrected chi connectivity index (χ3v) is 10.2. The van der Waals surface area contributed by atoms with Gasteiger partial charge >= 0.3 is 5.97 Å². The second-order valence-corrected chi connectivity index (χ2v) is 15.2. The van der Waals surface area contributed by atoms with E-state index in [0.29, 0.717) is 22.7 Å². The molecule has 0 amide bonds. The van der Waals surface area contributed by atoms with Crippen molar-refractivity contribution >= 4 is 67.4 Å². The van der Waals surface area contributed by atoms with E-state index in [4.69, 9.17) is 13.1 Å². The summed E-state index contributed by atoms with van der Waals surface area (Å²) in [5, 5.41) is 19.0. The number of hydrogen-bond donors (Lipinski definition) is 4. The first-order valence-electron chi connectivity index (χ1n) is 19.6. The number of carboxylic acids is 1. The molecule has 0 atom stereocenters. The molecule has 64 heavy (non-hydrogen) atoms. The minimum Gasteiger partial charge on any atom is -0.478 e. The Balaban J connectivity index is 0.000000163. The third-order valence-electron chi connectivity index (χ3n) is 9.67. The van der Waals surface area contributed by atoms with Crippen molar-refractivity contribution in [2.45, 2.75) is 13.8 Å². The number of carbonyl (C=O) groups is 1. The average molecular weight is 915 g/mol. The van der Waals surface area contributed by atoms with Gasteiger partial charge in [0.05, 0.1) is 24.4 Å². The molecule has 0 saturated carbocycles. The molecule has 0 aliphatic carbocycles. The van der Waals surface area contributed by atoms with Crippen LogP contribution in [0, 0.1) is 44.4 Å². The molecule has 8 aromatic carbocycles. The van der Waals surface area contributed by atoms with Gasteiger partial charge < -0.3 is 21.1 Å². The summed E-state index contributed by atoms with van der Waals surface area (Å²) in [7, 11) is 0. The molecule has 0 spiro atoms. The number of nitrogens with one attached hydrogen (secondary N) is 3. The molecule has 0 radical (unpaired) electrons. The highest BCUT2D eigenvalue weighted by molar-refractivity contribution is 9.10. The van der Waals surface area contributed by atoms with Crippen LogP contribution in [0.1, 0.15) is 21.5 Å². The molecule has 0 aromatic heterocycles. The maximum absolute atomic E-state index is 13.0. The maximum Gasteiger partial charge on any atom is 0.337 e. The van der Waals surface area contributed by atoms with Gasteiger partial charge in [-0.15, -0.1) is 0 Å².